The highest BCUT2D eigenvalue weighted by Gasteiger charge is 2.22. The molecule has 0 atom stereocenters. The van der Waals surface area contributed by atoms with Gasteiger partial charge in [-0.1, -0.05) is 21.1 Å². The molecule has 8 nitrogen and oxygen atoms in total. The first-order valence-electron chi connectivity index (χ1n) is 5.98. The lowest BCUT2D eigenvalue weighted by atomic mass is 10.2. The molecule has 2 heterocycles. The van der Waals surface area contributed by atoms with Crippen molar-refractivity contribution in [1.29, 1.82) is 0 Å². The van der Waals surface area contributed by atoms with Crippen molar-refractivity contribution in [3.8, 4) is 28.7 Å². The fourth-order valence-electron chi connectivity index (χ4n) is 1.83. The Morgan fingerprint density at radius 3 is 2.91 bits per heavy atom. The summed E-state index contributed by atoms with van der Waals surface area (Å²) in [5.41, 5.74) is 0.0806. The van der Waals surface area contributed by atoms with Crippen molar-refractivity contribution in [3.05, 3.63) is 51.1 Å². The largest absolute Gasteiger partial charge is 0.507 e. The smallest absolute Gasteiger partial charge is 0.298 e. The molecule has 0 fully saturated rings. The van der Waals surface area contributed by atoms with E-state index in [0.717, 1.165) is 0 Å². The van der Waals surface area contributed by atoms with Crippen LogP contribution in [0.2, 0.25) is 0 Å². The number of hydrogen-bond donors (Lipinski definition) is 1. The van der Waals surface area contributed by atoms with Crippen molar-refractivity contribution in [2.75, 3.05) is 0 Å². The van der Waals surface area contributed by atoms with Gasteiger partial charge in [0.05, 0.1) is 10.5 Å². The molecule has 9 heteroatoms. The van der Waals surface area contributed by atoms with Gasteiger partial charge in [-0.3, -0.25) is 10.1 Å². The van der Waals surface area contributed by atoms with Crippen LogP contribution in [0.3, 0.4) is 0 Å². The van der Waals surface area contributed by atoms with E-state index >= 15 is 0 Å². The SMILES string of the molecule is O=[N+]([O-])c1cccnc1-c1noc(-c2cc(Br)ccc2O)n1. The molecule has 22 heavy (non-hydrogen) atoms. The van der Waals surface area contributed by atoms with Crippen molar-refractivity contribution in [2.24, 2.45) is 0 Å². The second-order valence-electron chi connectivity index (χ2n) is 4.21. The molecule has 0 saturated carbocycles. The molecule has 2 aromatic heterocycles. The summed E-state index contributed by atoms with van der Waals surface area (Å²) in [5, 5.41) is 24.5. The molecule has 1 N–H and O–H groups in total. The Bertz CT molecular complexity index is 865. The first-order valence-corrected chi connectivity index (χ1v) is 6.78. The lowest BCUT2D eigenvalue weighted by Crippen LogP contribution is -1.95. The summed E-state index contributed by atoms with van der Waals surface area (Å²) < 4.78 is 5.78. The van der Waals surface area contributed by atoms with Gasteiger partial charge in [0.25, 0.3) is 11.6 Å². The lowest BCUT2D eigenvalue weighted by Gasteiger charge is -1.99. The maximum Gasteiger partial charge on any atom is 0.298 e. The van der Waals surface area contributed by atoms with E-state index in [1.807, 2.05) is 0 Å². The van der Waals surface area contributed by atoms with Crippen LogP contribution in [0.1, 0.15) is 0 Å². The minimum atomic E-state index is -0.574. The summed E-state index contributed by atoms with van der Waals surface area (Å²) in [5.74, 6) is -0.0376. The topological polar surface area (TPSA) is 115 Å². The maximum absolute atomic E-state index is 11.0. The van der Waals surface area contributed by atoms with Gasteiger partial charge in [0.2, 0.25) is 5.82 Å². The van der Waals surface area contributed by atoms with E-state index in [4.69, 9.17) is 4.52 Å². The van der Waals surface area contributed by atoms with Gasteiger partial charge in [-0.15, -0.1) is 0 Å². The van der Waals surface area contributed by atoms with Crippen LogP contribution in [0.25, 0.3) is 23.0 Å². The van der Waals surface area contributed by atoms with E-state index < -0.39 is 4.92 Å². The van der Waals surface area contributed by atoms with Gasteiger partial charge in [-0.05, 0) is 24.3 Å². The van der Waals surface area contributed by atoms with Crippen LogP contribution in [-0.4, -0.2) is 25.2 Å². The van der Waals surface area contributed by atoms with E-state index in [-0.39, 0.29) is 28.8 Å². The van der Waals surface area contributed by atoms with Gasteiger partial charge in [-0.25, -0.2) is 4.98 Å². The fourth-order valence-corrected chi connectivity index (χ4v) is 2.19. The van der Waals surface area contributed by atoms with Crippen LogP contribution in [-0.2, 0) is 0 Å². The normalized spacial score (nSPS) is 10.6. The Morgan fingerprint density at radius 2 is 2.14 bits per heavy atom. The van der Waals surface area contributed by atoms with Crippen LogP contribution in [0, 0.1) is 10.1 Å². The molecular formula is C13H7BrN4O4. The fraction of sp³-hybridized carbons (Fsp3) is 0. The number of rotatable bonds is 3. The van der Waals surface area contributed by atoms with Crippen molar-refractivity contribution < 1.29 is 14.6 Å². The van der Waals surface area contributed by atoms with E-state index in [0.29, 0.717) is 10.0 Å². The molecule has 0 saturated heterocycles. The number of nitrogens with zero attached hydrogens (tertiary/aromatic N) is 4. The van der Waals surface area contributed by atoms with E-state index in [2.05, 4.69) is 31.1 Å². The number of phenols is 1. The van der Waals surface area contributed by atoms with Crippen LogP contribution in [0.15, 0.2) is 45.5 Å². The molecule has 110 valence electrons. The summed E-state index contributed by atoms with van der Waals surface area (Å²) in [7, 11) is 0. The molecule has 0 aliphatic carbocycles. The first kappa shape index (κ1) is 14.1. The highest BCUT2D eigenvalue weighted by Crippen LogP contribution is 2.33. The lowest BCUT2D eigenvalue weighted by molar-refractivity contribution is -0.384. The summed E-state index contributed by atoms with van der Waals surface area (Å²) in [6, 6.07) is 7.46. The third-order valence-corrected chi connectivity index (χ3v) is 3.30. The second kappa shape index (κ2) is 5.53. The van der Waals surface area contributed by atoms with Crippen LogP contribution in [0.4, 0.5) is 5.69 Å². The van der Waals surface area contributed by atoms with Crippen LogP contribution in [0.5, 0.6) is 5.75 Å². The quantitative estimate of drug-likeness (QED) is 0.561. The van der Waals surface area contributed by atoms with Crippen LogP contribution >= 0.6 is 15.9 Å². The second-order valence-corrected chi connectivity index (χ2v) is 5.13. The monoisotopic (exact) mass is 362 g/mol. The Labute approximate surface area is 131 Å². The number of phenolic OH excluding ortho intramolecular Hbond substituents is 1. The number of nitro groups is 1. The van der Waals surface area contributed by atoms with Crippen molar-refractivity contribution in [2.45, 2.75) is 0 Å². The zero-order valence-electron chi connectivity index (χ0n) is 10.8. The molecule has 0 amide bonds. The minimum Gasteiger partial charge on any atom is -0.507 e. The Balaban J connectivity index is 2.09. The van der Waals surface area contributed by atoms with Crippen molar-refractivity contribution in [3.63, 3.8) is 0 Å². The Morgan fingerprint density at radius 1 is 1.32 bits per heavy atom. The van der Waals surface area contributed by atoms with Gasteiger partial charge in [-0.2, -0.15) is 4.98 Å². The summed E-state index contributed by atoms with van der Waals surface area (Å²) >= 11 is 3.27. The predicted molar refractivity (Wildman–Crippen MR) is 79.0 cm³/mol. The zero-order valence-corrected chi connectivity index (χ0v) is 12.4. The summed E-state index contributed by atoms with van der Waals surface area (Å²) in [4.78, 5) is 18.4. The molecule has 0 unspecified atom stereocenters. The van der Waals surface area contributed by atoms with Crippen LogP contribution < -0.4 is 0 Å². The highest BCUT2D eigenvalue weighted by atomic mass is 79.9. The minimum absolute atomic E-state index is 0.00279. The molecule has 0 bridgehead atoms. The molecule has 1 aromatic carbocycles. The average molecular weight is 363 g/mol. The summed E-state index contributed by atoms with van der Waals surface area (Å²) in [6.45, 7) is 0. The van der Waals surface area contributed by atoms with Gasteiger partial charge in [0.1, 0.15) is 5.75 Å². The molecule has 0 aliphatic heterocycles. The van der Waals surface area contributed by atoms with Crippen molar-refractivity contribution in [1.82, 2.24) is 15.1 Å². The highest BCUT2D eigenvalue weighted by molar-refractivity contribution is 9.10. The number of aromatic hydroxyl groups is 1. The third-order valence-electron chi connectivity index (χ3n) is 2.81. The van der Waals surface area contributed by atoms with Crippen molar-refractivity contribution >= 4 is 21.6 Å². The predicted octanol–water partition coefficient (Wildman–Crippen LogP) is 3.17. The molecule has 0 radical (unpaired) electrons. The molecule has 0 aliphatic rings. The molecule has 3 rings (SSSR count). The number of pyridine rings is 1. The van der Waals surface area contributed by atoms with Gasteiger partial charge in [0.15, 0.2) is 5.69 Å². The molecule has 3 aromatic rings. The molecule has 0 spiro atoms. The standard InChI is InChI=1S/C13H7BrN4O4/c14-7-3-4-10(19)8(6-7)13-16-12(17-22-13)11-9(18(20)21)2-1-5-15-11/h1-6,19H. The number of aromatic nitrogens is 3. The van der Waals surface area contributed by atoms with Gasteiger partial charge in [0, 0.05) is 16.7 Å². The maximum atomic E-state index is 11.0. The summed E-state index contributed by atoms with van der Waals surface area (Å²) in [6.07, 6.45) is 1.40. The zero-order chi connectivity index (χ0) is 15.7. The van der Waals surface area contributed by atoms with E-state index in [9.17, 15) is 15.2 Å². The third kappa shape index (κ3) is 2.53. The first-order chi connectivity index (χ1) is 10.6. The number of benzene rings is 1. The number of hydrogen-bond acceptors (Lipinski definition) is 7. The van der Waals surface area contributed by atoms with Gasteiger partial charge >= 0.3 is 0 Å². The number of halogens is 1. The Kier molecular flexibility index (Phi) is 3.55. The average Bonchev–Trinajstić information content (AvgIpc) is 2.99. The molecular weight excluding hydrogens is 356 g/mol. The van der Waals surface area contributed by atoms with E-state index in [1.165, 1.54) is 24.4 Å². The Hall–Kier alpha value is -2.81. The van der Waals surface area contributed by atoms with Gasteiger partial charge < -0.3 is 9.63 Å². The van der Waals surface area contributed by atoms with E-state index in [1.54, 1.807) is 12.1 Å².